The van der Waals surface area contributed by atoms with E-state index in [-0.39, 0.29) is 17.2 Å². The lowest BCUT2D eigenvalue weighted by atomic mass is 9.83. The molecule has 1 aliphatic carbocycles. The number of fused-ring (bicyclic) bond motifs is 1. The van der Waals surface area contributed by atoms with E-state index in [1.165, 1.54) is 0 Å². The summed E-state index contributed by atoms with van der Waals surface area (Å²) in [5.74, 6) is -1.14. The lowest BCUT2D eigenvalue weighted by Crippen LogP contribution is -2.27. The molecule has 0 aliphatic heterocycles. The van der Waals surface area contributed by atoms with Gasteiger partial charge in [0.05, 0.1) is 17.0 Å². The predicted octanol–water partition coefficient (Wildman–Crippen LogP) is 4.30. The normalized spacial score (nSPS) is 18.5. The topological polar surface area (TPSA) is 72.4 Å². The molecule has 7 heteroatoms. The Morgan fingerprint density at radius 3 is 2.35 bits per heavy atom. The first-order valence-electron chi connectivity index (χ1n) is 10.6. The molecule has 0 atom stereocenters. The maximum Gasteiger partial charge on any atom is 0.150 e. The number of pyridine rings is 1. The zero-order chi connectivity index (χ0) is 22.5. The van der Waals surface area contributed by atoms with Gasteiger partial charge in [-0.05, 0) is 88.9 Å². The summed E-state index contributed by atoms with van der Waals surface area (Å²) < 4.78 is 31.4. The van der Waals surface area contributed by atoms with Gasteiger partial charge in [-0.3, -0.25) is 4.79 Å². The van der Waals surface area contributed by atoms with Crippen molar-refractivity contribution in [3.63, 3.8) is 0 Å². The number of halogens is 2. The highest BCUT2D eigenvalue weighted by molar-refractivity contribution is 5.78. The van der Waals surface area contributed by atoms with Crippen molar-refractivity contribution >= 4 is 11.9 Å². The highest BCUT2D eigenvalue weighted by Crippen LogP contribution is 2.34. The lowest BCUT2D eigenvalue weighted by Gasteiger charge is -2.26. The van der Waals surface area contributed by atoms with Gasteiger partial charge in [0.1, 0.15) is 23.6 Å². The van der Waals surface area contributed by atoms with Crippen LogP contribution in [0.15, 0.2) is 30.5 Å². The molecule has 5 nitrogen and oxygen atoms in total. The summed E-state index contributed by atoms with van der Waals surface area (Å²) in [6.07, 6.45) is 6.94. The van der Waals surface area contributed by atoms with Gasteiger partial charge in [-0.1, -0.05) is 0 Å². The average molecular weight is 429 g/mol. The van der Waals surface area contributed by atoms with E-state index < -0.39 is 11.6 Å². The van der Waals surface area contributed by atoms with Crippen molar-refractivity contribution in [2.24, 2.45) is 11.7 Å². The van der Waals surface area contributed by atoms with Crippen molar-refractivity contribution in [2.75, 3.05) is 14.1 Å². The number of rotatable bonds is 4. The number of aldehydes is 1. The molecule has 0 bridgehead atoms. The van der Waals surface area contributed by atoms with Gasteiger partial charge >= 0.3 is 0 Å². The number of aromatic nitrogens is 2. The fourth-order valence-corrected chi connectivity index (χ4v) is 4.15. The van der Waals surface area contributed by atoms with E-state index >= 15 is 0 Å². The van der Waals surface area contributed by atoms with Gasteiger partial charge in [0.15, 0.2) is 0 Å². The molecule has 1 aromatic carbocycles. The number of hydrogen-bond donors (Lipinski definition) is 2. The predicted molar refractivity (Wildman–Crippen MR) is 119 cm³/mol. The maximum atomic E-state index is 14.7. The van der Waals surface area contributed by atoms with Crippen LogP contribution in [0.4, 0.5) is 8.78 Å². The fourth-order valence-electron chi connectivity index (χ4n) is 4.15. The summed E-state index contributed by atoms with van der Waals surface area (Å²) in [4.78, 5) is 15.5. The monoisotopic (exact) mass is 428 g/mol. The zero-order valence-electron chi connectivity index (χ0n) is 18.3. The summed E-state index contributed by atoms with van der Waals surface area (Å²) in [5.41, 5.74) is 8.62. The molecular weight excluding hydrogens is 398 g/mol. The minimum atomic E-state index is -0.769. The van der Waals surface area contributed by atoms with Crippen LogP contribution in [0.25, 0.3) is 16.9 Å². The van der Waals surface area contributed by atoms with Crippen LogP contribution in [0.1, 0.15) is 47.3 Å². The number of carbonyl (C=O) groups is 1. The van der Waals surface area contributed by atoms with E-state index in [1.54, 1.807) is 0 Å². The number of nitrogens with zero attached hydrogens (tertiary/aromatic N) is 2. The van der Waals surface area contributed by atoms with Crippen LogP contribution in [0.5, 0.6) is 0 Å². The van der Waals surface area contributed by atoms with E-state index in [0.29, 0.717) is 30.0 Å². The molecular formula is C24H30F2N4O. The maximum absolute atomic E-state index is 14.7. The SMILES string of the molecule is CNC.Cc1ccn2c(CC3CCC(N)CC3)c(-c3c(F)cc(C=O)cc3F)nc2c1. The highest BCUT2D eigenvalue weighted by Gasteiger charge is 2.26. The standard InChI is InChI=1S/C22H23F2N3O.C2H7N/c1-13-6-7-27-19(11-14-2-4-16(25)5-3-14)22(26-20(27)8-13)21-17(23)9-15(12-28)10-18(21)24;1-3-2/h6-10,12,14,16H,2-5,11,25H2,1H3;3H,1-2H3. The molecule has 0 radical (unpaired) electrons. The van der Waals surface area contributed by atoms with E-state index in [0.717, 1.165) is 49.1 Å². The van der Waals surface area contributed by atoms with Gasteiger partial charge < -0.3 is 15.5 Å². The van der Waals surface area contributed by atoms with Crippen LogP contribution < -0.4 is 11.1 Å². The molecule has 31 heavy (non-hydrogen) atoms. The van der Waals surface area contributed by atoms with Gasteiger partial charge in [0, 0.05) is 17.8 Å². The Morgan fingerprint density at radius 1 is 1.16 bits per heavy atom. The van der Waals surface area contributed by atoms with Crippen molar-refractivity contribution in [3.8, 4) is 11.3 Å². The van der Waals surface area contributed by atoms with Crippen LogP contribution >= 0.6 is 0 Å². The molecule has 2 aromatic heterocycles. The summed E-state index contributed by atoms with van der Waals surface area (Å²) in [7, 11) is 3.75. The van der Waals surface area contributed by atoms with E-state index in [9.17, 15) is 13.6 Å². The largest absolute Gasteiger partial charge is 0.328 e. The summed E-state index contributed by atoms with van der Waals surface area (Å²) in [6, 6.07) is 6.22. The number of hydrogen-bond acceptors (Lipinski definition) is 4. The molecule has 0 spiro atoms. The number of carbonyl (C=O) groups excluding carboxylic acids is 1. The lowest BCUT2D eigenvalue weighted by molar-refractivity contribution is 0.112. The minimum absolute atomic E-state index is 0.0267. The minimum Gasteiger partial charge on any atom is -0.328 e. The first kappa shape index (κ1) is 23.0. The summed E-state index contributed by atoms with van der Waals surface area (Å²) in [5, 5.41) is 2.75. The van der Waals surface area contributed by atoms with Gasteiger partial charge in [-0.2, -0.15) is 0 Å². The number of aryl methyl sites for hydroxylation is 1. The second-order valence-electron chi connectivity index (χ2n) is 8.30. The average Bonchev–Trinajstić information content (AvgIpc) is 3.06. The third kappa shape index (κ3) is 5.17. The number of benzene rings is 1. The third-order valence-electron chi connectivity index (χ3n) is 5.69. The van der Waals surface area contributed by atoms with Gasteiger partial charge in [0.25, 0.3) is 0 Å². The molecule has 0 saturated heterocycles. The molecule has 3 N–H and O–H groups in total. The molecule has 0 amide bonds. The molecule has 1 saturated carbocycles. The number of nitrogens with one attached hydrogen (secondary N) is 1. The molecule has 1 aliphatic rings. The van der Waals surface area contributed by atoms with Gasteiger partial charge in [0.2, 0.25) is 0 Å². The smallest absolute Gasteiger partial charge is 0.150 e. The Bertz CT molecular complexity index is 1030. The number of imidazole rings is 1. The molecule has 4 rings (SSSR count). The van der Waals surface area contributed by atoms with Crippen molar-refractivity contribution in [3.05, 3.63) is 58.9 Å². The Morgan fingerprint density at radius 2 is 1.77 bits per heavy atom. The van der Waals surface area contributed by atoms with E-state index in [4.69, 9.17) is 5.73 Å². The Kier molecular flexibility index (Phi) is 7.51. The molecule has 166 valence electrons. The molecule has 3 aromatic rings. The first-order valence-corrected chi connectivity index (χ1v) is 10.6. The molecule has 2 heterocycles. The van der Waals surface area contributed by atoms with Crippen molar-refractivity contribution in [1.82, 2.24) is 14.7 Å². The van der Waals surface area contributed by atoms with Crippen molar-refractivity contribution in [1.29, 1.82) is 0 Å². The quantitative estimate of drug-likeness (QED) is 0.608. The van der Waals surface area contributed by atoms with Crippen LogP contribution in [0.2, 0.25) is 0 Å². The van der Waals surface area contributed by atoms with Crippen molar-refractivity contribution in [2.45, 2.75) is 45.1 Å². The highest BCUT2D eigenvalue weighted by atomic mass is 19.1. The van der Waals surface area contributed by atoms with E-state index in [2.05, 4.69) is 10.3 Å². The Balaban J connectivity index is 0.000000858. The molecule has 0 unspecified atom stereocenters. The van der Waals surface area contributed by atoms with Crippen LogP contribution in [0, 0.1) is 24.5 Å². The second kappa shape index (κ2) is 10.1. The number of nitrogens with two attached hydrogens (primary N) is 1. The zero-order valence-corrected chi connectivity index (χ0v) is 18.3. The Labute approximate surface area is 181 Å². The Hall–Kier alpha value is -2.64. The summed E-state index contributed by atoms with van der Waals surface area (Å²) in [6.45, 7) is 1.95. The van der Waals surface area contributed by atoms with Crippen LogP contribution in [-0.4, -0.2) is 35.8 Å². The van der Waals surface area contributed by atoms with E-state index in [1.807, 2.05) is 43.7 Å². The summed E-state index contributed by atoms with van der Waals surface area (Å²) >= 11 is 0. The third-order valence-corrected chi connectivity index (χ3v) is 5.69. The van der Waals surface area contributed by atoms with Crippen molar-refractivity contribution < 1.29 is 13.6 Å². The van der Waals surface area contributed by atoms with Crippen LogP contribution in [-0.2, 0) is 6.42 Å². The fraction of sp³-hybridized carbons (Fsp3) is 0.417. The van der Waals surface area contributed by atoms with Crippen LogP contribution in [0.3, 0.4) is 0 Å². The second-order valence-corrected chi connectivity index (χ2v) is 8.30. The van der Waals surface area contributed by atoms with Gasteiger partial charge in [-0.15, -0.1) is 0 Å². The molecule has 1 fully saturated rings. The first-order chi connectivity index (χ1) is 14.9. The van der Waals surface area contributed by atoms with Gasteiger partial charge in [-0.25, -0.2) is 13.8 Å².